The van der Waals surface area contributed by atoms with Gasteiger partial charge in [-0.2, -0.15) is 0 Å². The number of aliphatic imine (C=N–C) groups is 1. The van der Waals surface area contributed by atoms with Crippen molar-refractivity contribution in [3.05, 3.63) is 58.7 Å². The van der Waals surface area contributed by atoms with Crippen LogP contribution in [0.15, 0.2) is 41.2 Å². The van der Waals surface area contributed by atoms with Crippen LogP contribution < -0.4 is 5.32 Å². The Labute approximate surface area is 202 Å². The Balaban J connectivity index is 1.48. The van der Waals surface area contributed by atoms with E-state index in [1.165, 1.54) is 5.57 Å². The molecule has 6 nitrogen and oxygen atoms in total. The van der Waals surface area contributed by atoms with E-state index in [4.69, 9.17) is 6.57 Å². The monoisotopic (exact) mass is 458 g/mol. The molecule has 5 rings (SSSR count). The maximum absolute atomic E-state index is 12.9. The highest BCUT2D eigenvalue weighted by molar-refractivity contribution is 6.44. The number of fused-ring (bicyclic) bond motifs is 2. The lowest BCUT2D eigenvalue weighted by Crippen LogP contribution is -2.47. The van der Waals surface area contributed by atoms with Crippen molar-refractivity contribution in [1.82, 2.24) is 4.90 Å². The molecule has 3 aliphatic heterocycles. The molecule has 1 aromatic rings. The molecular formula is C28H34N4O2. The van der Waals surface area contributed by atoms with Crippen LogP contribution in [0.25, 0.3) is 10.4 Å². The van der Waals surface area contributed by atoms with Crippen LogP contribution in [0, 0.1) is 12.0 Å². The third-order valence-electron chi connectivity index (χ3n) is 8.36. The van der Waals surface area contributed by atoms with Crippen molar-refractivity contribution >= 4 is 22.9 Å². The number of hydrogen-bond acceptors (Lipinski definition) is 4. The SMILES string of the molecule is [C-]#[N+]C1=CCC(C(=O)Nc2ccc(C3(O)CC4CCC(C3)N4C)cc2C2=CCC(C)(C)CC2)=N1. The van der Waals surface area contributed by atoms with E-state index in [9.17, 15) is 9.90 Å². The zero-order valence-corrected chi connectivity index (χ0v) is 20.4. The lowest BCUT2D eigenvalue weighted by Gasteiger charge is -2.42. The standard InChI is InChI=1S/C28H34N4O2/c1-27(2)13-11-18(12-14-27)22-15-19(28(34)16-20-6-7-21(17-28)32(20)4)5-8-23(22)31-26(33)24-9-10-25(29-3)30-24/h5,8,10-11,15,20-21,34H,6-7,9,12-14,16-17H2,1-2,4H3,(H,31,33). The quantitative estimate of drug-likeness (QED) is 0.604. The van der Waals surface area contributed by atoms with E-state index in [0.29, 0.717) is 24.2 Å². The molecule has 1 aliphatic carbocycles. The maximum Gasteiger partial charge on any atom is 0.293 e. The zero-order valence-electron chi connectivity index (χ0n) is 20.4. The first-order chi connectivity index (χ1) is 16.2. The molecule has 6 heteroatoms. The maximum atomic E-state index is 12.9. The average molecular weight is 459 g/mol. The Morgan fingerprint density at radius 1 is 1.24 bits per heavy atom. The Morgan fingerprint density at radius 2 is 1.97 bits per heavy atom. The molecule has 2 saturated heterocycles. The summed E-state index contributed by atoms with van der Waals surface area (Å²) in [5.41, 5.74) is 3.72. The van der Waals surface area contributed by atoms with E-state index >= 15 is 0 Å². The minimum atomic E-state index is -0.839. The highest BCUT2D eigenvalue weighted by Crippen LogP contribution is 2.47. The van der Waals surface area contributed by atoms with Crippen molar-refractivity contribution in [2.45, 2.75) is 82.9 Å². The van der Waals surface area contributed by atoms with Crippen LogP contribution in [0.1, 0.15) is 76.3 Å². The van der Waals surface area contributed by atoms with Gasteiger partial charge in [0, 0.05) is 29.8 Å². The number of rotatable bonds is 4. The molecule has 1 amide bonds. The van der Waals surface area contributed by atoms with Crippen molar-refractivity contribution in [2.24, 2.45) is 10.4 Å². The summed E-state index contributed by atoms with van der Waals surface area (Å²) in [4.78, 5) is 22.9. The first kappa shape index (κ1) is 23.0. The Hall–Kier alpha value is -2.75. The minimum absolute atomic E-state index is 0.267. The van der Waals surface area contributed by atoms with Gasteiger partial charge in [0.15, 0.2) is 5.71 Å². The minimum Gasteiger partial charge on any atom is -0.385 e. The molecule has 1 aromatic carbocycles. The van der Waals surface area contributed by atoms with E-state index in [-0.39, 0.29) is 17.1 Å². The summed E-state index contributed by atoms with van der Waals surface area (Å²) >= 11 is 0. The number of anilines is 1. The van der Waals surface area contributed by atoms with Crippen LogP contribution in [-0.2, 0) is 10.4 Å². The van der Waals surface area contributed by atoms with Gasteiger partial charge < -0.3 is 20.2 Å². The molecule has 2 fully saturated rings. The Morgan fingerprint density at radius 3 is 2.59 bits per heavy atom. The molecule has 0 spiro atoms. The molecule has 2 unspecified atom stereocenters. The van der Waals surface area contributed by atoms with E-state index in [2.05, 4.69) is 53.1 Å². The van der Waals surface area contributed by atoms with Crippen LogP contribution >= 0.6 is 0 Å². The van der Waals surface area contributed by atoms with Gasteiger partial charge in [-0.05, 0) is 80.7 Å². The van der Waals surface area contributed by atoms with Gasteiger partial charge in [-0.15, -0.1) is 4.99 Å². The fourth-order valence-corrected chi connectivity index (χ4v) is 6.04. The van der Waals surface area contributed by atoms with Crippen molar-refractivity contribution in [2.75, 3.05) is 12.4 Å². The average Bonchev–Trinajstić information content (AvgIpc) is 3.37. The fourth-order valence-electron chi connectivity index (χ4n) is 6.04. The summed E-state index contributed by atoms with van der Waals surface area (Å²) in [5, 5.41) is 14.8. The summed E-state index contributed by atoms with van der Waals surface area (Å²) in [6.07, 6.45) is 11.2. The fraction of sp³-hybridized carbons (Fsp3) is 0.536. The summed E-state index contributed by atoms with van der Waals surface area (Å²) in [7, 11) is 2.18. The lowest BCUT2D eigenvalue weighted by atomic mass is 9.75. The molecule has 2 N–H and O–H groups in total. The Kier molecular flexibility index (Phi) is 5.74. The van der Waals surface area contributed by atoms with Crippen LogP contribution in [-0.4, -0.2) is 40.8 Å². The molecule has 34 heavy (non-hydrogen) atoms. The molecule has 0 radical (unpaired) electrons. The van der Waals surface area contributed by atoms with Gasteiger partial charge in [-0.25, -0.2) is 0 Å². The number of nitrogens with one attached hydrogen (secondary N) is 1. The molecule has 3 heterocycles. The molecule has 0 aromatic heterocycles. The van der Waals surface area contributed by atoms with Gasteiger partial charge in [0.2, 0.25) is 0 Å². The van der Waals surface area contributed by atoms with E-state index in [1.54, 1.807) is 6.08 Å². The van der Waals surface area contributed by atoms with Crippen LogP contribution in [0.5, 0.6) is 0 Å². The number of piperidine rings is 1. The van der Waals surface area contributed by atoms with Crippen molar-refractivity contribution in [3.63, 3.8) is 0 Å². The highest BCUT2D eigenvalue weighted by atomic mass is 16.3. The predicted molar refractivity (Wildman–Crippen MR) is 135 cm³/mol. The summed E-state index contributed by atoms with van der Waals surface area (Å²) in [6.45, 7) is 11.7. The smallest absolute Gasteiger partial charge is 0.293 e. The van der Waals surface area contributed by atoms with E-state index < -0.39 is 5.60 Å². The molecular weight excluding hydrogens is 424 g/mol. The summed E-state index contributed by atoms with van der Waals surface area (Å²) in [5.74, 6) is 0.00810. The largest absolute Gasteiger partial charge is 0.385 e. The molecule has 2 bridgehead atoms. The van der Waals surface area contributed by atoms with Gasteiger partial charge in [0.25, 0.3) is 11.7 Å². The summed E-state index contributed by atoms with van der Waals surface area (Å²) < 4.78 is 0. The lowest BCUT2D eigenvalue weighted by molar-refractivity contribution is -0.110. The van der Waals surface area contributed by atoms with Crippen LogP contribution in [0.4, 0.5) is 5.69 Å². The van der Waals surface area contributed by atoms with Crippen LogP contribution in [0.3, 0.4) is 0 Å². The van der Waals surface area contributed by atoms with E-state index in [1.807, 2.05) is 12.1 Å². The van der Waals surface area contributed by atoms with E-state index in [0.717, 1.165) is 61.8 Å². The number of benzene rings is 1. The molecule has 0 saturated carbocycles. The first-order valence-corrected chi connectivity index (χ1v) is 12.4. The second-order valence-electron chi connectivity index (χ2n) is 11.2. The molecule has 4 aliphatic rings. The second kappa shape index (κ2) is 8.48. The molecule has 2 atom stereocenters. The van der Waals surface area contributed by atoms with Gasteiger partial charge in [-0.3, -0.25) is 4.79 Å². The number of carbonyl (C=O) groups excluding carboxylic acids is 1. The third kappa shape index (κ3) is 4.23. The number of allylic oxidation sites excluding steroid dienone is 3. The number of nitrogens with zero attached hydrogens (tertiary/aromatic N) is 3. The number of amides is 1. The first-order valence-electron chi connectivity index (χ1n) is 12.4. The van der Waals surface area contributed by atoms with Crippen molar-refractivity contribution in [3.8, 4) is 0 Å². The Bertz CT molecular complexity index is 1140. The van der Waals surface area contributed by atoms with Gasteiger partial charge >= 0.3 is 0 Å². The zero-order chi connectivity index (χ0) is 24.1. The van der Waals surface area contributed by atoms with Crippen molar-refractivity contribution in [1.29, 1.82) is 0 Å². The van der Waals surface area contributed by atoms with Crippen molar-refractivity contribution < 1.29 is 9.90 Å². The predicted octanol–water partition coefficient (Wildman–Crippen LogP) is 5.27. The normalized spacial score (nSPS) is 30.3. The topological polar surface area (TPSA) is 69.3 Å². The van der Waals surface area contributed by atoms with Gasteiger partial charge in [0.1, 0.15) is 0 Å². The highest BCUT2D eigenvalue weighted by Gasteiger charge is 2.47. The molecule has 178 valence electrons. The summed E-state index contributed by atoms with van der Waals surface area (Å²) in [6, 6.07) is 6.89. The number of hydrogen-bond donors (Lipinski definition) is 2. The number of carbonyl (C=O) groups is 1. The van der Waals surface area contributed by atoms with Gasteiger partial charge in [0.05, 0.1) is 5.60 Å². The third-order valence-corrected chi connectivity index (χ3v) is 8.36. The van der Waals surface area contributed by atoms with Crippen LogP contribution in [0.2, 0.25) is 0 Å². The van der Waals surface area contributed by atoms with Gasteiger partial charge in [-0.1, -0.05) is 38.6 Å². The number of aliphatic hydroxyl groups is 1. The second-order valence-corrected chi connectivity index (χ2v) is 11.2.